The molecule has 1 aromatic heterocycles. The summed E-state index contributed by atoms with van der Waals surface area (Å²) in [5, 5.41) is 1.83. The molecule has 2 aliphatic heterocycles. The lowest BCUT2D eigenvalue weighted by Gasteiger charge is -2.35. The molecule has 10 heteroatoms. The first-order chi connectivity index (χ1) is 17.5. The number of nitrogens with one attached hydrogen (secondary N) is 1. The number of ether oxygens (including phenoxy) is 1. The van der Waals surface area contributed by atoms with Crippen molar-refractivity contribution >= 4 is 40.8 Å². The SMILES string of the molecule is O=C1NC(=O)/C(=C/c2cc(OCc3ccccc3)nc(N3CCN(C(=O)c4ccccc4)CC3)n2)S1. The topological polar surface area (TPSA) is 105 Å². The Hall–Kier alpha value is -4.18. The highest BCUT2D eigenvalue weighted by molar-refractivity contribution is 8.18. The summed E-state index contributed by atoms with van der Waals surface area (Å²) in [5.74, 6) is 0.336. The van der Waals surface area contributed by atoms with Crippen LogP contribution < -0.4 is 15.0 Å². The number of piperazine rings is 1. The molecule has 182 valence electrons. The van der Waals surface area contributed by atoms with Gasteiger partial charge in [0.2, 0.25) is 11.8 Å². The van der Waals surface area contributed by atoms with Gasteiger partial charge in [0.1, 0.15) is 6.61 Å². The van der Waals surface area contributed by atoms with E-state index >= 15 is 0 Å². The monoisotopic (exact) mass is 501 g/mol. The molecule has 0 radical (unpaired) electrons. The summed E-state index contributed by atoms with van der Waals surface area (Å²) in [6.45, 7) is 2.46. The normalized spacial score (nSPS) is 16.8. The van der Waals surface area contributed by atoms with E-state index in [1.54, 1.807) is 12.1 Å². The van der Waals surface area contributed by atoms with Crippen molar-refractivity contribution in [1.82, 2.24) is 20.2 Å². The van der Waals surface area contributed by atoms with Gasteiger partial charge in [0, 0.05) is 37.8 Å². The van der Waals surface area contributed by atoms with Gasteiger partial charge in [-0.05, 0) is 35.5 Å². The Morgan fingerprint density at radius 3 is 2.33 bits per heavy atom. The van der Waals surface area contributed by atoms with Gasteiger partial charge in [-0.15, -0.1) is 0 Å². The Bertz CT molecular complexity index is 1310. The highest BCUT2D eigenvalue weighted by atomic mass is 32.2. The van der Waals surface area contributed by atoms with Gasteiger partial charge in [-0.25, -0.2) is 4.98 Å². The Kier molecular flexibility index (Phi) is 6.94. The molecular weight excluding hydrogens is 478 g/mol. The molecule has 0 atom stereocenters. The minimum atomic E-state index is -0.454. The Balaban J connectivity index is 1.35. The maximum absolute atomic E-state index is 12.8. The Morgan fingerprint density at radius 2 is 1.67 bits per heavy atom. The van der Waals surface area contributed by atoms with Crippen LogP contribution in [0.2, 0.25) is 0 Å². The zero-order chi connectivity index (χ0) is 24.9. The maximum atomic E-state index is 12.8. The molecule has 0 saturated carbocycles. The van der Waals surface area contributed by atoms with E-state index < -0.39 is 11.1 Å². The first-order valence-corrected chi connectivity index (χ1v) is 12.3. The summed E-state index contributed by atoms with van der Waals surface area (Å²) in [6.07, 6.45) is 1.56. The number of nitrogens with zero attached hydrogens (tertiary/aromatic N) is 4. The molecule has 2 saturated heterocycles. The summed E-state index contributed by atoms with van der Waals surface area (Å²) >= 11 is 0.830. The highest BCUT2D eigenvalue weighted by Crippen LogP contribution is 2.27. The van der Waals surface area contributed by atoms with E-state index in [0.717, 1.165) is 17.3 Å². The summed E-state index contributed by atoms with van der Waals surface area (Å²) < 4.78 is 5.95. The number of aromatic nitrogens is 2. The lowest BCUT2D eigenvalue weighted by molar-refractivity contribution is -0.115. The number of anilines is 1. The van der Waals surface area contributed by atoms with E-state index in [9.17, 15) is 14.4 Å². The average molecular weight is 502 g/mol. The second kappa shape index (κ2) is 10.6. The largest absolute Gasteiger partial charge is 0.473 e. The number of rotatable bonds is 6. The zero-order valence-electron chi connectivity index (χ0n) is 19.3. The van der Waals surface area contributed by atoms with Crippen LogP contribution in [-0.4, -0.2) is 58.1 Å². The lowest BCUT2D eigenvalue weighted by atomic mass is 10.2. The molecule has 0 bridgehead atoms. The molecule has 2 aliphatic rings. The van der Waals surface area contributed by atoms with Gasteiger partial charge in [-0.1, -0.05) is 48.5 Å². The van der Waals surface area contributed by atoms with Gasteiger partial charge in [0.25, 0.3) is 17.1 Å². The van der Waals surface area contributed by atoms with Gasteiger partial charge >= 0.3 is 0 Å². The molecule has 3 heterocycles. The molecule has 1 N–H and O–H groups in total. The highest BCUT2D eigenvalue weighted by Gasteiger charge is 2.27. The number of imide groups is 1. The zero-order valence-corrected chi connectivity index (χ0v) is 20.1. The van der Waals surface area contributed by atoms with E-state index in [0.29, 0.717) is 55.9 Å². The first kappa shape index (κ1) is 23.6. The molecule has 2 fully saturated rings. The first-order valence-electron chi connectivity index (χ1n) is 11.4. The predicted molar refractivity (Wildman–Crippen MR) is 136 cm³/mol. The van der Waals surface area contributed by atoms with Gasteiger partial charge in [-0.2, -0.15) is 4.98 Å². The fourth-order valence-electron chi connectivity index (χ4n) is 3.88. The van der Waals surface area contributed by atoms with Gasteiger partial charge in [0.05, 0.1) is 10.6 Å². The molecule has 2 aromatic carbocycles. The number of amides is 3. The molecule has 3 amide bonds. The fourth-order valence-corrected chi connectivity index (χ4v) is 4.55. The van der Waals surface area contributed by atoms with Crippen LogP contribution in [0.25, 0.3) is 6.08 Å². The van der Waals surface area contributed by atoms with E-state index in [2.05, 4.69) is 15.3 Å². The smallest absolute Gasteiger partial charge is 0.290 e. The summed E-state index contributed by atoms with van der Waals surface area (Å²) in [6, 6.07) is 20.6. The summed E-state index contributed by atoms with van der Waals surface area (Å²) in [4.78, 5) is 49.7. The van der Waals surface area contributed by atoms with Crippen LogP contribution in [0.1, 0.15) is 21.6 Å². The third-order valence-corrected chi connectivity index (χ3v) is 6.54. The van der Waals surface area contributed by atoms with Gasteiger partial charge in [0.15, 0.2) is 0 Å². The molecule has 9 nitrogen and oxygen atoms in total. The van der Waals surface area contributed by atoms with Gasteiger partial charge < -0.3 is 14.5 Å². The van der Waals surface area contributed by atoms with Crippen LogP contribution in [0.5, 0.6) is 5.88 Å². The molecule has 0 unspecified atom stereocenters. The number of benzene rings is 2. The minimum Gasteiger partial charge on any atom is -0.473 e. The fraction of sp³-hybridized carbons (Fsp3) is 0.192. The average Bonchev–Trinajstić information content (AvgIpc) is 3.24. The number of thioether (sulfide) groups is 1. The number of carbonyl (C=O) groups excluding carboxylic acids is 3. The van der Waals surface area contributed by atoms with Crippen LogP contribution in [-0.2, 0) is 11.4 Å². The van der Waals surface area contributed by atoms with Crippen LogP contribution >= 0.6 is 11.8 Å². The number of hydrogen-bond acceptors (Lipinski definition) is 8. The molecule has 5 rings (SSSR count). The predicted octanol–water partition coefficient (Wildman–Crippen LogP) is 3.34. The van der Waals surface area contributed by atoms with Crippen molar-refractivity contribution in [1.29, 1.82) is 0 Å². The van der Waals surface area contributed by atoms with E-state index in [1.165, 1.54) is 0 Å². The van der Waals surface area contributed by atoms with Gasteiger partial charge in [-0.3, -0.25) is 19.7 Å². The van der Waals surface area contributed by atoms with Crippen molar-refractivity contribution < 1.29 is 19.1 Å². The second-order valence-corrected chi connectivity index (χ2v) is 9.22. The maximum Gasteiger partial charge on any atom is 0.290 e. The third-order valence-electron chi connectivity index (χ3n) is 5.73. The van der Waals surface area contributed by atoms with Crippen molar-refractivity contribution in [2.45, 2.75) is 6.61 Å². The van der Waals surface area contributed by atoms with Crippen LogP contribution in [0.3, 0.4) is 0 Å². The third kappa shape index (κ3) is 5.55. The van der Waals surface area contributed by atoms with E-state index in [1.807, 2.05) is 70.5 Å². The molecular formula is C26H23N5O4S. The van der Waals surface area contributed by atoms with E-state index in [4.69, 9.17) is 4.74 Å². The van der Waals surface area contributed by atoms with Crippen molar-refractivity contribution in [2.75, 3.05) is 31.1 Å². The van der Waals surface area contributed by atoms with Crippen molar-refractivity contribution in [3.8, 4) is 5.88 Å². The molecule has 0 spiro atoms. The number of carbonyl (C=O) groups is 3. The Labute approximate surface area is 212 Å². The summed E-state index contributed by atoms with van der Waals surface area (Å²) in [7, 11) is 0. The molecule has 3 aromatic rings. The number of hydrogen-bond donors (Lipinski definition) is 1. The molecule has 36 heavy (non-hydrogen) atoms. The lowest BCUT2D eigenvalue weighted by Crippen LogP contribution is -2.49. The minimum absolute atomic E-state index is 0.00419. The second-order valence-electron chi connectivity index (χ2n) is 8.20. The summed E-state index contributed by atoms with van der Waals surface area (Å²) in [5.41, 5.74) is 2.11. The Morgan fingerprint density at radius 1 is 0.972 bits per heavy atom. The van der Waals surface area contributed by atoms with E-state index in [-0.39, 0.29) is 10.8 Å². The molecule has 0 aliphatic carbocycles. The van der Waals surface area contributed by atoms with Crippen LogP contribution in [0, 0.1) is 0 Å². The quantitative estimate of drug-likeness (QED) is 0.513. The van der Waals surface area contributed by atoms with Crippen molar-refractivity contribution in [2.24, 2.45) is 0 Å². The standard InChI is InChI=1S/C26H23N5O4S/c32-23-21(36-26(34)29-23)15-20-16-22(35-17-18-7-3-1-4-8-18)28-25(27-20)31-13-11-30(12-14-31)24(33)19-9-5-2-6-10-19/h1-10,15-16H,11-14,17H2,(H,29,32,34)/b21-15-. The van der Waals surface area contributed by atoms with Crippen molar-refractivity contribution in [3.63, 3.8) is 0 Å². The van der Waals surface area contributed by atoms with Crippen LogP contribution in [0.15, 0.2) is 71.6 Å². The van der Waals surface area contributed by atoms with Crippen LogP contribution in [0.4, 0.5) is 10.7 Å². The van der Waals surface area contributed by atoms with Crippen molar-refractivity contribution in [3.05, 3.63) is 88.5 Å².